The molecule has 0 aliphatic heterocycles. The van der Waals surface area contributed by atoms with Gasteiger partial charge in [-0.15, -0.1) is 5.10 Å². The number of anilines is 3. The first-order valence-electron chi connectivity index (χ1n) is 4.43. The van der Waals surface area contributed by atoms with Crippen LogP contribution in [0.4, 0.5) is 17.3 Å². The highest BCUT2D eigenvalue weighted by atomic mass is 15.1. The van der Waals surface area contributed by atoms with E-state index >= 15 is 0 Å². The van der Waals surface area contributed by atoms with E-state index < -0.39 is 0 Å². The lowest BCUT2D eigenvalue weighted by Crippen LogP contribution is -2.06. The Balaban J connectivity index is 3.06. The molecule has 0 amide bonds. The fourth-order valence-electron chi connectivity index (χ4n) is 1.49. The molecule has 0 atom stereocenters. The minimum Gasteiger partial charge on any atom is -0.397 e. The quantitative estimate of drug-likeness (QED) is 0.559. The third-order valence-corrected chi connectivity index (χ3v) is 2.28. The molecule has 80 valence electrons. The summed E-state index contributed by atoms with van der Waals surface area (Å²) in [6.07, 6.45) is 0. The van der Waals surface area contributed by atoms with Crippen LogP contribution in [0.15, 0.2) is 0 Å². The summed E-state index contributed by atoms with van der Waals surface area (Å²) < 4.78 is 0. The van der Waals surface area contributed by atoms with E-state index in [0.717, 1.165) is 0 Å². The second-order valence-corrected chi connectivity index (χ2v) is 3.29. The van der Waals surface area contributed by atoms with Gasteiger partial charge in [-0.05, 0) is 6.92 Å². The third-order valence-electron chi connectivity index (χ3n) is 2.28. The Bertz CT molecular complexity index is 626. The Labute approximate surface area is 90.9 Å². The number of nitrogens with zero attached hydrogens (tertiary/aromatic N) is 4. The van der Waals surface area contributed by atoms with E-state index in [-0.39, 0.29) is 22.9 Å². The summed E-state index contributed by atoms with van der Waals surface area (Å²) in [6, 6.07) is 1.89. The molecule has 0 saturated heterocycles. The van der Waals surface area contributed by atoms with Crippen molar-refractivity contribution in [2.75, 3.05) is 17.2 Å². The largest absolute Gasteiger partial charge is 0.397 e. The van der Waals surface area contributed by atoms with Crippen LogP contribution in [0.25, 0.3) is 10.9 Å². The number of hydrogen-bond donors (Lipinski definition) is 3. The summed E-state index contributed by atoms with van der Waals surface area (Å²) in [5.41, 5.74) is 18.4. The van der Waals surface area contributed by atoms with Crippen molar-refractivity contribution in [2.24, 2.45) is 0 Å². The van der Waals surface area contributed by atoms with Crippen molar-refractivity contribution in [1.82, 2.24) is 15.2 Å². The summed E-state index contributed by atoms with van der Waals surface area (Å²) in [5, 5.41) is 16.9. The maximum atomic E-state index is 8.89. The highest BCUT2D eigenvalue weighted by Gasteiger charge is 2.15. The molecule has 0 aliphatic carbocycles. The molecular formula is C9H9N7. The van der Waals surface area contributed by atoms with Gasteiger partial charge in [0.1, 0.15) is 23.0 Å². The van der Waals surface area contributed by atoms with Crippen molar-refractivity contribution >= 4 is 28.2 Å². The number of nitrogens with two attached hydrogens (primary N) is 3. The van der Waals surface area contributed by atoms with Gasteiger partial charge in [-0.2, -0.15) is 10.4 Å². The summed E-state index contributed by atoms with van der Waals surface area (Å²) >= 11 is 0. The fourth-order valence-corrected chi connectivity index (χ4v) is 1.49. The van der Waals surface area contributed by atoms with Crippen molar-refractivity contribution in [3.63, 3.8) is 0 Å². The Morgan fingerprint density at radius 2 is 1.81 bits per heavy atom. The van der Waals surface area contributed by atoms with Gasteiger partial charge in [0.05, 0.1) is 16.8 Å². The topological polar surface area (TPSA) is 141 Å². The second kappa shape index (κ2) is 3.20. The van der Waals surface area contributed by atoms with Gasteiger partial charge in [-0.3, -0.25) is 0 Å². The van der Waals surface area contributed by atoms with Gasteiger partial charge >= 0.3 is 0 Å². The summed E-state index contributed by atoms with van der Waals surface area (Å²) in [5.74, 6) is 0.213. The Kier molecular flexibility index (Phi) is 1.98. The highest BCUT2D eigenvalue weighted by Crippen LogP contribution is 2.30. The van der Waals surface area contributed by atoms with E-state index in [2.05, 4.69) is 15.2 Å². The molecule has 0 radical (unpaired) electrons. The predicted molar refractivity (Wildman–Crippen MR) is 60.0 cm³/mol. The lowest BCUT2D eigenvalue weighted by Gasteiger charge is -2.08. The van der Waals surface area contributed by atoms with Crippen LogP contribution >= 0.6 is 0 Å². The molecule has 0 spiro atoms. The summed E-state index contributed by atoms with van der Waals surface area (Å²) in [4.78, 5) is 4.06. The standard InChI is InChI=1S/C9H9N7/c1-3-7-5(9(13)16-15-3)6(11)4(2-10)8(12)14-7/h1H3,(H2,13,16)(H4,11,12,14). The smallest absolute Gasteiger partial charge is 0.157 e. The van der Waals surface area contributed by atoms with Crippen molar-refractivity contribution in [3.05, 3.63) is 11.3 Å². The van der Waals surface area contributed by atoms with Gasteiger partial charge in [0.25, 0.3) is 0 Å². The molecular weight excluding hydrogens is 206 g/mol. The van der Waals surface area contributed by atoms with Gasteiger partial charge in [-0.1, -0.05) is 0 Å². The molecule has 0 bridgehead atoms. The molecule has 7 heteroatoms. The summed E-state index contributed by atoms with van der Waals surface area (Å²) in [7, 11) is 0. The number of hydrogen-bond acceptors (Lipinski definition) is 7. The fraction of sp³-hybridized carbons (Fsp3) is 0.111. The molecule has 0 aliphatic rings. The van der Waals surface area contributed by atoms with E-state index in [4.69, 9.17) is 22.5 Å². The number of aromatic nitrogens is 3. The van der Waals surface area contributed by atoms with E-state index in [0.29, 0.717) is 16.6 Å². The Hall–Kier alpha value is -2.62. The first-order valence-corrected chi connectivity index (χ1v) is 4.43. The molecule has 0 aromatic carbocycles. The van der Waals surface area contributed by atoms with Gasteiger partial charge in [0.15, 0.2) is 5.82 Å². The van der Waals surface area contributed by atoms with E-state index in [9.17, 15) is 0 Å². The molecule has 0 saturated carbocycles. The normalized spacial score (nSPS) is 10.2. The maximum absolute atomic E-state index is 8.89. The highest BCUT2D eigenvalue weighted by molar-refractivity contribution is 6.02. The zero-order valence-corrected chi connectivity index (χ0v) is 8.52. The zero-order chi connectivity index (χ0) is 11.9. The minimum absolute atomic E-state index is 0.0722. The van der Waals surface area contributed by atoms with Crippen LogP contribution < -0.4 is 17.2 Å². The molecule has 2 aromatic rings. The monoisotopic (exact) mass is 215 g/mol. The maximum Gasteiger partial charge on any atom is 0.157 e. The van der Waals surface area contributed by atoms with E-state index in [1.165, 1.54) is 0 Å². The number of rotatable bonds is 0. The molecule has 0 fully saturated rings. The Morgan fingerprint density at radius 1 is 1.12 bits per heavy atom. The average Bonchev–Trinajstić information content (AvgIpc) is 2.24. The second-order valence-electron chi connectivity index (χ2n) is 3.29. The lowest BCUT2D eigenvalue weighted by molar-refractivity contribution is 1.00. The number of aryl methyl sites for hydroxylation is 1. The van der Waals surface area contributed by atoms with Gasteiger partial charge in [0, 0.05) is 0 Å². The predicted octanol–water partition coefficient (Wildman–Crippen LogP) is -0.0485. The van der Waals surface area contributed by atoms with Crippen LogP contribution in [-0.2, 0) is 0 Å². The number of fused-ring (bicyclic) bond motifs is 1. The number of nitrogen functional groups attached to an aromatic ring is 3. The molecule has 0 unspecified atom stereocenters. The van der Waals surface area contributed by atoms with Gasteiger partial charge in [0.2, 0.25) is 0 Å². The zero-order valence-electron chi connectivity index (χ0n) is 8.52. The third kappa shape index (κ3) is 1.17. The molecule has 2 rings (SSSR count). The van der Waals surface area contributed by atoms with Gasteiger partial charge in [-0.25, -0.2) is 4.98 Å². The van der Waals surface area contributed by atoms with Crippen LogP contribution in [0, 0.1) is 18.3 Å². The van der Waals surface area contributed by atoms with Crippen LogP contribution in [0.1, 0.15) is 11.3 Å². The number of pyridine rings is 1. The average molecular weight is 215 g/mol. The van der Waals surface area contributed by atoms with Gasteiger partial charge < -0.3 is 17.2 Å². The van der Waals surface area contributed by atoms with E-state index in [1.54, 1.807) is 6.92 Å². The molecule has 16 heavy (non-hydrogen) atoms. The molecule has 6 N–H and O–H groups in total. The van der Waals surface area contributed by atoms with Crippen LogP contribution in [0.5, 0.6) is 0 Å². The SMILES string of the molecule is Cc1nnc(N)c2c(N)c(C#N)c(N)nc12. The first kappa shape index (κ1) is 9.92. The van der Waals surface area contributed by atoms with Crippen LogP contribution in [0.2, 0.25) is 0 Å². The Morgan fingerprint density at radius 3 is 2.44 bits per heavy atom. The number of nitriles is 1. The summed E-state index contributed by atoms with van der Waals surface area (Å²) in [6.45, 7) is 1.71. The van der Waals surface area contributed by atoms with Crippen molar-refractivity contribution in [3.8, 4) is 6.07 Å². The lowest BCUT2D eigenvalue weighted by atomic mass is 10.1. The van der Waals surface area contributed by atoms with Crippen LogP contribution in [-0.4, -0.2) is 15.2 Å². The van der Waals surface area contributed by atoms with E-state index in [1.807, 2.05) is 6.07 Å². The minimum atomic E-state index is 0.0722. The van der Waals surface area contributed by atoms with Crippen molar-refractivity contribution in [1.29, 1.82) is 5.26 Å². The van der Waals surface area contributed by atoms with Crippen molar-refractivity contribution < 1.29 is 0 Å². The molecule has 7 nitrogen and oxygen atoms in total. The molecule has 2 aromatic heterocycles. The molecule has 2 heterocycles. The van der Waals surface area contributed by atoms with Crippen molar-refractivity contribution in [2.45, 2.75) is 6.92 Å². The van der Waals surface area contributed by atoms with Crippen LogP contribution in [0.3, 0.4) is 0 Å². The first-order chi connectivity index (χ1) is 7.56.